The minimum absolute atomic E-state index is 0.406. The summed E-state index contributed by atoms with van der Waals surface area (Å²) in [5, 5.41) is 0. The second-order valence-electron chi connectivity index (χ2n) is 6.91. The topological polar surface area (TPSA) is 77.3 Å². The van der Waals surface area contributed by atoms with Crippen molar-refractivity contribution in [1.29, 1.82) is 0 Å². The molecule has 0 unspecified atom stereocenters. The third-order valence-electron chi connectivity index (χ3n) is 5.25. The highest BCUT2D eigenvalue weighted by Gasteiger charge is 2.24. The zero-order chi connectivity index (χ0) is 17.5. The molecule has 0 radical (unpaired) electrons. The maximum atomic E-state index is 6.21. The van der Waals surface area contributed by atoms with Gasteiger partial charge in [-0.15, -0.1) is 0 Å². The molecule has 0 spiro atoms. The summed E-state index contributed by atoms with van der Waals surface area (Å²) in [6.45, 7) is 2.93. The predicted octanol–water partition coefficient (Wildman–Crippen LogP) is 2.50. The Balaban J connectivity index is 1.30. The number of rotatable bonds is 3. The van der Waals surface area contributed by atoms with Crippen LogP contribution in [-0.4, -0.2) is 41.9 Å². The summed E-state index contributed by atoms with van der Waals surface area (Å²) in [6, 6.07) is 8.59. The fourth-order valence-corrected chi connectivity index (χ4v) is 3.98. The van der Waals surface area contributed by atoms with Crippen LogP contribution in [-0.2, 0) is 6.54 Å². The minimum Gasteiger partial charge on any atom is -0.369 e. The molecule has 1 fully saturated rings. The first-order chi connectivity index (χ1) is 12.8. The van der Waals surface area contributed by atoms with E-state index < -0.39 is 0 Å². The summed E-state index contributed by atoms with van der Waals surface area (Å²) < 4.78 is 4.23. The number of imidazole rings is 2. The van der Waals surface area contributed by atoms with Crippen LogP contribution in [0.3, 0.4) is 0 Å². The first-order valence-electron chi connectivity index (χ1n) is 9.00. The van der Waals surface area contributed by atoms with Gasteiger partial charge in [0.15, 0.2) is 5.65 Å². The molecule has 7 nitrogen and oxygen atoms in total. The van der Waals surface area contributed by atoms with Gasteiger partial charge in [0.25, 0.3) is 0 Å². The lowest BCUT2D eigenvalue weighted by Crippen LogP contribution is -2.34. The number of benzene rings is 1. The lowest BCUT2D eigenvalue weighted by molar-refractivity contribution is 0.181. The Bertz CT molecular complexity index is 1020. The van der Waals surface area contributed by atoms with Gasteiger partial charge in [-0.3, -0.25) is 9.88 Å². The van der Waals surface area contributed by atoms with Crippen molar-refractivity contribution in [2.45, 2.75) is 25.4 Å². The maximum absolute atomic E-state index is 6.21. The van der Waals surface area contributed by atoms with E-state index in [1.165, 1.54) is 0 Å². The number of aromatic nitrogens is 5. The van der Waals surface area contributed by atoms with Crippen LogP contribution in [0.1, 0.15) is 24.6 Å². The third kappa shape index (κ3) is 2.61. The Hall–Kier alpha value is -2.93. The number of nitrogens with two attached hydrogens (primary N) is 1. The largest absolute Gasteiger partial charge is 0.369 e. The van der Waals surface area contributed by atoms with Crippen LogP contribution < -0.4 is 5.73 Å². The standard InChI is InChI=1S/C19H21N7/c20-19-23-16-3-1-2-4-17(16)26(19)15-5-8-24(9-6-15)12-14-13-25-10-7-21-11-18(25)22-14/h1-4,7,10-11,13,15H,5-6,8-9,12H2,(H2,20,23). The van der Waals surface area contributed by atoms with Gasteiger partial charge in [-0.25, -0.2) is 9.97 Å². The molecular weight excluding hydrogens is 326 g/mol. The van der Waals surface area contributed by atoms with E-state index in [4.69, 9.17) is 5.73 Å². The smallest absolute Gasteiger partial charge is 0.201 e. The Morgan fingerprint density at radius 1 is 1.12 bits per heavy atom. The van der Waals surface area contributed by atoms with E-state index in [1.54, 1.807) is 12.4 Å². The number of nitrogens with zero attached hydrogens (tertiary/aromatic N) is 6. The summed E-state index contributed by atoms with van der Waals surface area (Å²) in [5.74, 6) is 0.623. The monoisotopic (exact) mass is 347 g/mol. The number of anilines is 1. The Kier molecular flexibility index (Phi) is 3.60. The van der Waals surface area contributed by atoms with Crippen LogP contribution in [0.15, 0.2) is 49.1 Å². The maximum Gasteiger partial charge on any atom is 0.201 e. The average Bonchev–Trinajstić information content (AvgIpc) is 3.21. The van der Waals surface area contributed by atoms with Gasteiger partial charge >= 0.3 is 0 Å². The Labute approximate surface area is 151 Å². The molecule has 0 atom stereocenters. The molecule has 7 heteroatoms. The number of fused-ring (bicyclic) bond motifs is 2. The number of likely N-dealkylation sites (tertiary alicyclic amines) is 1. The number of nitrogen functional groups attached to an aromatic ring is 1. The van der Waals surface area contributed by atoms with E-state index in [0.29, 0.717) is 12.0 Å². The van der Waals surface area contributed by atoms with E-state index >= 15 is 0 Å². The molecule has 26 heavy (non-hydrogen) atoms. The second kappa shape index (κ2) is 6.10. The summed E-state index contributed by atoms with van der Waals surface area (Å²) >= 11 is 0. The van der Waals surface area contributed by atoms with Gasteiger partial charge in [-0.2, -0.15) is 0 Å². The van der Waals surface area contributed by atoms with Crippen molar-refractivity contribution in [3.05, 3.63) is 54.7 Å². The SMILES string of the molecule is Nc1nc2ccccc2n1C1CCN(Cc2cn3ccncc3n2)CC1. The zero-order valence-electron chi connectivity index (χ0n) is 14.5. The highest BCUT2D eigenvalue weighted by molar-refractivity contribution is 5.78. The molecule has 1 aromatic carbocycles. The van der Waals surface area contributed by atoms with Gasteiger partial charge in [0.2, 0.25) is 5.95 Å². The number of hydrogen-bond acceptors (Lipinski definition) is 5. The van der Waals surface area contributed by atoms with E-state index in [0.717, 1.165) is 54.9 Å². The number of hydrogen-bond donors (Lipinski definition) is 1. The number of para-hydroxylation sites is 2. The third-order valence-corrected chi connectivity index (χ3v) is 5.25. The van der Waals surface area contributed by atoms with Crippen LogP contribution in [0.4, 0.5) is 5.95 Å². The molecule has 1 saturated heterocycles. The molecule has 0 saturated carbocycles. The molecular formula is C19H21N7. The quantitative estimate of drug-likeness (QED) is 0.616. The summed E-state index contributed by atoms with van der Waals surface area (Å²) in [5.41, 5.74) is 10.3. The summed E-state index contributed by atoms with van der Waals surface area (Å²) in [6.07, 6.45) is 9.74. The van der Waals surface area contributed by atoms with Crippen LogP contribution in [0.5, 0.6) is 0 Å². The van der Waals surface area contributed by atoms with Gasteiger partial charge in [0, 0.05) is 44.3 Å². The molecule has 0 bridgehead atoms. The van der Waals surface area contributed by atoms with Gasteiger partial charge in [-0.05, 0) is 25.0 Å². The van der Waals surface area contributed by atoms with E-state index in [2.05, 4.69) is 36.7 Å². The van der Waals surface area contributed by atoms with Crippen LogP contribution in [0.2, 0.25) is 0 Å². The number of piperidine rings is 1. The van der Waals surface area contributed by atoms with Crippen molar-refractivity contribution >= 4 is 22.6 Å². The van der Waals surface area contributed by atoms with Crippen LogP contribution >= 0.6 is 0 Å². The first-order valence-corrected chi connectivity index (χ1v) is 9.00. The molecule has 1 aliphatic heterocycles. The van der Waals surface area contributed by atoms with Crippen molar-refractivity contribution in [1.82, 2.24) is 28.8 Å². The van der Waals surface area contributed by atoms with Crippen LogP contribution in [0.25, 0.3) is 16.7 Å². The lowest BCUT2D eigenvalue weighted by Gasteiger charge is -2.32. The molecule has 4 aromatic rings. The average molecular weight is 347 g/mol. The van der Waals surface area contributed by atoms with Crippen LogP contribution in [0, 0.1) is 0 Å². The molecule has 3 aromatic heterocycles. The fraction of sp³-hybridized carbons (Fsp3) is 0.316. The predicted molar refractivity (Wildman–Crippen MR) is 101 cm³/mol. The lowest BCUT2D eigenvalue weighted by atomic mass is 10.0. The molecule has 132 valence electrons. The highest BCUT2D eigenvalue weighted by Crippen LogP contribution is 2.30. The zero-order valence-corrected chi connectivity index (χ0v) is 14.5. The Morgan fingerprint density at radius 3 is 2.81 bits per heavy atom. The molecule has 4 heterocycles. The van der Waals surface area contributed by atoms with Crippen molar-refractivity contribution in [2.75, 3.05) is 18.8 Å². The summed E-state index contributed by atoms with van der Waals surface area (Å²) in [7, 11) is 0. The molecule has 0 aliphatic carbocycles. The van der Waals surface area contributed by atoms with Crippen molar-refractivity contribution in [3.8, 4) is 0 Å². The van der Waals surface area contributed by atoms with Gasteiger partial charge < -0.3 is 14.7 Å². The molecule has 2 N–H and O–H groups in total. The van der Waals surface area contributed by atoms with Gasteiger partial charge in [-0.1, -0.05) is 12.1 Å². The summed E-state index contributed by atoms with van der Waals surface area (Å²) in [4.78, 5) is 15.7. The highest BCUT2D eigenvalue weighted by atomic mass is 15.2. The van der Waals surface area contributed by atoms with Crippen molar-refractivity contribution in [2.24, 2.45) is 0 Å². The van der Waals surface area contributed by atoms with Gasteiger partial charge in [0.05, 0.1) is 22.9 Å². The first kappa shape index (κ1) is 15.3. The molecule has 1 aliphatic rings. The van der Waals surface area contributed by atoms with E-state index in [1.807, 2.05) is 28.8 Å². The normalized spacial score (nSPS) is 16.6. The minimum atomic E-state index is 0.406. The second-order valence-corrected chi connectivity index (χ2v) is 6.91. The van der Waals surface area contributed by atoms with Crippen molar-refractivity contribution in [3.63, 3.8) is 0 Å². The molecule has 5 rings (SSSR count). The van der Waals surface area contributed by atoms with E-state index in [9.17, 15) is 0 Å². The van der Waals surface area contributed by atoms with E-state index in [-0.39, 0.29) is 0 Å². The van der Waals surface area contributed by atoms with Crippen molar-refractivity contribution < 1.29 is 0 Å². The van der Waals surface area contributed by atoms with Gasteiger partial charge in [0.1, 0.15) is 0 Å². The fourth-order valence-electron chi connectivity index (χ4n) is 3.98. The molecule has 0 amide bonds. The Morgan fingerprint density at radius 2 is 1.96 bits per heavy atom.